The van der Waals surface area contributed by atoms with Crippen LogP contribution in [0.25, 0.3) is 10.8 Å². The van der Waals surface area contributed by atoms with E-state index in [0.29, 0.717) is 32.1 Å². The van der Waals surface area contributed by atoms with Crippen molar-refractivity contribution in [1.29, 1.82) is 0 Å². The number of carbonyl (C=O) groups is 2. The highest BCUT2D eigenvalue weighted by atomic mass is 35.5. The minimum atomic E-state index is -0.470. The second kappa shape index (κ2) is 13.4. The van der Waals surface area contributed by atoms with Crippen molar-refractivity contribution in [3.8, 4) is 11.5 Å². The number of hydrogen-bond donors (Lipinski definition) is 2. The monoisotopic (exact) mass is 513 g/mol. The number of aromatic hydroxyl groups is 1. The molecule has 0 radical (unpaired) electrons. The fraction of sp³-hybridized carbons (Fsp3) is 0.269. The second-order valence-corrected chi connectivity index (χ2v) is 8.13. The van der Waals surface area contributed by atoms with Crippen LogP contribution in [0.5, 0.6) is 11.5 Å². The van der Waals surface area contributed by atoms with Gasteiger partial charge in [0.05, 0.1) is 24.5 Å². The Bertz CT molecular complexity index is 1230. The summed E-state index contributed by atoms with van der Waals surface area (Å²) in [4.78, 5) is 26.7. The Kier molecular flexibility index (Phi) is 10.1. The number of phenolic OH excluding ortho intramolecular Hbond substituents is 1. The summed E-state index contributed by atoms with van der Waals surface area (Å²) in [6.45, 7) is 1.60. The summed E-state index contributed by atoms with van der Waals surface area (Å²) in [5.41, 5.74) is 3.46. The highest BCUT2D eigenvalue weighted by Crippen LogP contribution is 2.28. The van der Waals surface area contributed by atoms with Gasteiger partial charge >= 0.3 is 0 Å². The summed E-state index contributed by atoms with van der Waals surface area (Å²) in [5.74, 6) is -0.194. The molecule has 3 aromatic rings. The van der Waals surface area contributed by atoms with Gasteiger partial charge in [-0.15, -0.1) is 0 Å². The second-order valence-electron chi connectivity index (χ2n) is 7.72. The largest absolute Gasteiger partial charge is 0.506 e. The molecule has 0 aliphatic carbocycles. The Hall–Kier alpha value is -3.66. The van der Waals surface area contributed by atoms with E-state index in [1.807, 2.05) is 24.3 Å². The number of methoxy groups -OCH3 is 2. The van der Waals surface area contributed by atoms with Crippen LogP contribution in [0.3, 0.4) is 0 Å². The first kappa shape index (κ1) is 26.9. The molecule has 0 aliphatic rings. The minimum Gasteiger partial charge on any atom is -0.506 e. The molecule has 0 saturated heterocycles. The topological polar surface area (TPSA) is 110 Å². The molecule has 190 valence electrons. The SMILES string of the molecule is COCCN(CCOC)C(=O)COc1ccc(/C=N/NC(=O)c2ccc(O)c(Cl)c2)c2ccccc12. The van der Waals surface area contributed by atoms with Crippen LogP contribution in [0.4, 0.5) is 0 Å². The van der Waals surface area contributed by atoms with Crippen LogP contribution in [-0.4, -0.2) is 75.2 Å². The minimum absolute atomic E-state index is 0.0761. The third-order valence-corrected chi connectivity index (χ3v) is 5.63. The first-order valence-electron chi connectivity index (χ1n) is 11.2. The third-order valence-electron chi connectivity index (χ3n) is 5.33. The summed E-state index contributed by atoms with van der Waals surface area (Å²) >= 11 is 5.86. The van der Waals surface area contributed by atoms with Crippen molar-refractivity contribution < 1.29 is 28.9 Å². The number of carbonyl (C=O) groups excluding carboxylic acids is 2. The summed E-state index contributed by atoms with van der Waals surface area (Å²) in [6, 6.07) is 15.2. The van der Waals surface area contributed by atoms with E-state index in [1.165, 1.54) is 24.4 Å². The molecule has 0 aromatic heterocycles. The Balaban J connectivity index is 1.71. The highest BCUT2D eigenvalue weighted by molar-refractivity contribution is 6.32. The molecule has 0 saturated carbocycles. The van der Waals surface area contributed by atoms with Gasteiger partial charge in [-0.2, -0.15) is 5.10 Å². The third kappa shape index (κ3) is 7.17. The number of nitrogens with zero attached hydrogens (tertiary/aromatic N) is 2. The van der Waals surface area contributed by atoms with Gasteiger partial charge in [0, 0.05) is 43.8 Å². The number of rotatable bonds is 12. The van der Waals surface area contributed by atoms with E-state index < -0.39 is 5.91 Å². The number of hydrazone groups is 1. The number of amides is 2. The molecule has 0 heterocycles. The molecule has 9 nitrogen and oxygen atoms in total. The lowest BCUT2D eigenvalue weighted by Crippen LogP contribution is -2.39. The Morgan fingerprint density at radius 1 is 1.03 bits per heavy atom. The predicted molar refractivity (Wildman–Crippen MR) is 138 cm³/mol. The van der Waals surface area contributed by atoms with Crippen molar-refractivity contribution in [2.24, 2.45) is 5.10 Å². The fourth-order valence-electron chi connectivity index (χ4n) is 3.40. The molecule has 0 bridgehead atoms. The van der Waals surface area contributed by atoms with Gasteiger partial charge in [0.2, 0.25) is 0 Å². The van der Waals surface area contributed by atoms with Crippen LogP contribution < -0.4 is 10.2 Å². The first-order chi connectivity index (χ1) is 17.4. The lowest BCUT2D eigenvalue weighted by atomic mass is 10.0. The van der Waals surface area contributed by atoms with Crippen molar-refractivity contribution in [2.45, 2.75) is 0 Å². The maximum absolute atomic E-state index is 12.7. The van der Waals surface area contributed by atoms with E-state index in [9.17, 15) is 14.7 Å². The maximum Gasteiger partial charge on any atom is 0.271 e. The summed E-state index contributed by atoms with van der Waals surface area (Å²) in [7, 11) is 3.17. The van der Waals surface area contributed by atoms with Gasteiger partial charge in [-0.05, 0) is 35.7 Å². The Morgan fingerprint density at radius 3 is 2.39 bits per heavy atom. The summed E-state index contributed by atoms with van der Waals surface area (Å²) < 4.78 is 16.1. The van der Waals surface area contributed by atoms with Crippen molar-refractivity contribution >= 4 is 40.4 Å². The van der Waals surface area contributed by atoms with Gasteiger partial charge in [-0.1, -0.05) is 35.9 Å². The lowest BCUT2D eigenvalue weighted by Gasteiger charge is -2.22. The number of halogens is 1. The maximum atomic E-state index is 12.7. The lowest BCUT2D eigenvalue weighted by molar-refractivity contribution is -0.134. The van der Waals surface area contributed by atoms with Crippen LogP contribution >= 0.6 is 11.6 Å². The van der Waals surface area contributed by atoms with Crippen LogP contribution in [-0.2, 0) is 14.3 Å². The number of fused-ring (bicyclic) bond motifs is 1. The van der Waals surface area contributed by atoms with Crippen LogP contribution in [0.1, 0.15) is 15.9 Å². The predicted octanol–water partition coefficient (Wildman–Crippen LogP) is 3.46. The number of phenols is 1. The number of ether oxygens (including phenoxy) is 3. The van der Waals surface area contributed by atoms with E-state index >= 15 is 0 Å². The van der Waals surface area contributed by atoms with Crippen molar-refractivity contribution in [2.75, 3.05) is 47.1 Å². The van der Waals surface area contributed by atoms with E-state index in [2.05, 4.69) is 10.5 Å². The highest BCUT2D eigenvalue weighted by Gasteiger charge is 2.15. The molecule has 3 aromatic carbocycles. The van der Waals surface area contributed by atoms with Gasteiger partial charge in [0.25, 0.3) is 11.8 Å². The average Bonchev–Trinajstić information content (AvgIpc) is 2.89. The van der Waals surface area contributed by atoms with Crippen molar-refractivity contribution in [1.82, 2.24) is 10.3 Å². The fourth-order valence-corrected chi connectivity index (χ4v) is 3.58. The van der Waals surface area contributed by atoms with Crippen molar-refractivity contribution in [3.05, 3.63) is 70.7 Å². The quantitative estimate of drug-likeness (QED) is 0.283. The van der Waals surface area contributed by atoms with E-state index in [4.69, 9.17) is 25.8 Å². The number of nitrogens with one attached hydrogen (secondary N) is 1. The van der Waals surface area contributed by atoms with E-state index in [-0.39, 0.29) is 28.8 Å². The van der Waals surface area contributed by atoms with Crippen LogP contribution in [0.2, 0.25) is 5.02 Å². The van der Waals surface area contributed by atoms with E-state index in [1.54, 1.807) is 31.3 Å². The standard InChI is InChI=1S/C26H28ClN3O6/c1-34-13-11-30(12-14-35-2)25(32)17-36-24-10-8-19(20-5-3-4-6-21(20)24)16-28-29-26(33)18-7-9-23(31)22(27)15-18/h3-10,15-16,31H,11-14,17H2,1-2H3,(H,29,33)/b28-16+. The molecule has 2 N–H and O–H groups in total. The molecule has 3 rings (SSSR count). The average molecular weight is 514 g/mol. The zero-order valence-electron chi connectivity index (χ0n) is 20.1. The number of benzene rings is 3. The van der Waals surface area contributed by atoms with E-state index in [0.717, 1.165) is 16.3 Å². The molecule has 0 fully saturated rings. The Labute approximate surface area is 214 Å². The molecule has 0 aliphatic heterocycles. The molecule has 2 amide bonds. The smallest absolute Gasteiger partial charge is 0.271 e. The van der Waals surface area contributed by atoms with Crippen LogP contribution in [0, 0.1) is 0 Å². The molecular formula is C26H28ClN3O6. The molecule has 0 unspecified atom stereocenters. The summed E-state index contributed by atoms with van der Waals surface area (Å²) in [6.07, 6.45) is 1.52. The first-order valence-corrected chi connectivity index (χ1v) is 11.5. The summed E-state index contributed by atoms with van der Waals surface area (Å²) in [5, 5.41) is 15.3. The molecule has 0 spiro atoms. The van der Waals surface area contributed by atoms with Gasteiger partial charge < -0.3 is 24.2 Å². The Morgan fingerprint density at radius 2 is 1.72 bits per heavy atom. The molecule has 10 heteroatoms. The molecular weight excluding hydrogens is 486 g/mol. The van der Waals surface area contributed by atoms with Gasteiger partial charge in [-0.3, -0.25) is 9.59 Å². The van der Waals surface area contributed by atoms with Gasteiger partial charge in [0.1, 0.15) is 11.5 Å². The normalized spacial score (nSPS) is 11.1. The van der Waals surface area contributed by atoms with Crippen molar-refractivity contribution in [3.63, 3.8) is 0 Å². The number of hydrogen-bond acceptors (Lipinski definition) is 7. The zero-order chi connectivity index (χ0) is 25.9. The molecule has 36 heavy (non-hydrogen) atoms. The van der Waals surface area contributed by atoms with Crippen LogP contribution in [0.15, 0.2) is 59.7 Å². The zero-order valence-corrected chi connectivity index (χ0v) is 20.8. The molecule has 0 atom stereocenters. The van der Waals surface area contributed by atoms with Gasteiger partial charge in [0.15, 0.2) is 6.61 Å². The van der Waals surface area contributed by atoms with Gasteiger partial charge in [-0.25, -0.2) is 5.43 Å².